The number of fused-ring (bicyclic) bond motifs is 1. The molecule has 0 saturated carbocycles. The van der Waals surface area contributed by atoms with Gasteiger partial charge >= 0.3 is 0 Å². The monoisotopic (exact) mass is 326 g/mol. The summed E-state index contributed by atoms with van der Waals surface area (Å²) in [7, 11) is 0. The van der Waals surface area contributed by atoms with Crippen LogP contribution in [0.1, 0.15) is 39.2 Å². The average molecular weight is 326 g/mol. The predicted molar refractivity (Wildman–Crippen MR) is 97.3 cm³/mol. The summed E-state index contributed by atoms with van der Waals surface area (Å²) >= 11 is 1.75. The van der Waals surface area contributed by atoms with Crippen molar-refractivity contribution in [3.05, 3.63) is 64.6 Å². The molecule has 2 aromatic rings. The Morgan fingerprint density at radius 1 is 1.22 bits per heavy atom. The van der Waals surface area contributed by atoms with Crippen LogP contribution in [0.15, 0.2) is 43.0 Å². The van der Waals surface area contributed by atoms with Gasteiger partial charge in [0.2, 0.25) is 0 Å². The molecule has 0 spiro atoms. The number of benzene rings is 1. The quantitative estimate of drug-likeness (QED) is 0.618. The van der Waals surface area contributed by atoms with E-state index in [9.17, 15) is 4.79 Å². The van der Waals surface area contributed by atoms with Gasteiger partial charge in [0, 0.05) is 29.1 Å². The van der Waals surface area contributed by atoms with Gasteiger partial charge in [-0.15, -0.1) is 17.9 Å². The molecule has 3 nitrogen and oxygen atoms in total. The highest BCUT2D eigenvalue weighted by Gasteiger charge is 2.21. The van der Waals surface area contributed by atoms with Gasteiger partial charge in [0.1, 0.15) is 5.00 Å². The largest absolute Gasteiger partial charge is 0.313 e. The van der Waals surface area contributed by atoms with Crippen LogP contribution in [-0.4, -0.2) is 12.5 Å². The molecule has 3 rings (SSSR count). The molecule has 4 heteroatoms. The number of carbonyl (C=O) groups is 1. The Morgan fingerprint density at radius 2 is 2.00 bits per heavy atom. The molecule has 0 atom stereocenters. The Bertz CT molecular complexity index is 691. The molecule has 1 aliphatic carbocycles. The van der Waals surface area contributed by atoms with Crippen molar-refractivity contribution in [1.82, 2.24) is 5.32 Å². The lowest BCUT2D eigenvalue weighted by molar-refractivity contribution is 0.102. The fourth-order valence-electron chi connectivity index (χ4n) is 2.98. The third-order valence-corrected chi connectivity index (χ3v) is 5.38. The molecule has 2 N–H and O–H groups in total. The standard InChI is InChI=1S/C19H22N2OS/c1-2-12-20-13-16-15-10-6-7-11-17(15)23-19(16)21-18(22)14-8-4-3-5-9-14/h2-5,8-9,20H,1,6-7,10-13H2,(H,21,22). The number of rotatable bonds is 6. The summed E-state index contributed by atoms with van der Waals surface area (Å²) in [5, 5.41) is 7.51. The molecule has 0 radical (unpaired) electrons. The van der Waals surface area contributed by atoms with Crippen LogP contribution in [0, 0.1) is 0 Å². The Hall–Kier alpha value is -1.91. The van der Waals surface area contributed by atoms with Crippen molar-refractivity contribution in [3.8, 4) is 0 Å². The van der Waals surface area contributed by atoms with E-state index in [1.165, 1.54) is 28.8 Å². The van der Waals surface area contributed by atoms with E-state index in [2.05, 4.69) is 17.2 Å². The summed E-state index contributed by atoms with van der Waals surface area (Å²) in [5.74, 6) is -0.0332. The van der Waals surface area contributed by atoms with E-state index in [-0.39, 0.29) is 5.91 Å². The molecule has 0 aliphatic heterocycles. The van der Waals surface area contributed by atoms with E-state index in [0.29, 0.717) is 5.56 Å². The van der Waals surface area contributed by atoms with Crippen LogP contribution in [0.5, 0.6) is 0 Å². The van der Waals surface area contributed by atoms with Crippen LogP contribution < -0.4 is 10.6 Å². The number of carbonyl (C=O) groups excluding carboxylic acids is 1. The van der Waals surface area contributed by atoms with Gasteiger partial charge in [-0.2, -0.15) is 0 Å². The summed E-state index contributed by atoms with van der Waals surface area (Å²) in [6.07, 6.45) is 6.61. The Morgan fingerprint density at radius 3 is 2.78 bits per heavy atom. The number of thiophene rings is 1. The van der Waals surface area contributed by atoms with Crippen molar-refractivity contribution in [2.45, 2.75) is 32.2 Å². The number of nitrogens with one attached hydrogen (secondary N) is 2. The van der Waals surface area contributed by atoms with Gasteiger partial charge in [-0.3, -0.25) is 4.79 Å². The minimum absolute atomic E-state index is 0.0332. The highest BCUT2D eigenvalue weighted by atomic mass is 32.1. The first kappa shape index (κ1) is 16.0. The highest BCUT2D eigenvalue weighted by molar-refractivity contribution is 7.16. The normalized spacial score (nSPS) is 13.4. The van der Waals surface area contributed by atoms with Gasteiger partial charge in [-0.25, -0.2) is 0 Å². The Kier molecular flexibility index (Phi) is 5.26. The van der Waals surface area contributed by atoms with Gasteiger partial charge < -0.3 is 10.6 Å². The van der Waals surface area contributed by atoms with Gasteiger partial charge in [0.25, 0.3) is 5.91 Å². The summed E-state index contributed by atoms with van der Waals surface area (Å²) in [4.78, 5) is 13.9. The first-order valence-corrected chi connectivity index (χ1v) is 8.92. The molecule has 0 unspecified atom stereocenters. The number of hydrogen-bond donors (Lipinski definition) is 2. The Labute approximate surface area is 141 Å². The topological polar surface area (TPSA) is 41.1 Å². The zero-order valence-electron chi connectivity index (χ0n) is 13.2. The molecule has 1 amide bonds. The SMILES string of the molecule is C=CCNCc1c(NC(=O)c2ccccc2)sc2c1CCCC2. The molecule has 1 heterocycles. The van der Waals surface area contributed by atoms with Crippen LogP contribution in [0.2, 0.25) is 0 Å². The van der Waals surface area contributed by atoms with E-state index in [1.54, 1.807) is 11.3 Å². The second-order valence-electron chi connectivity index (χ2n) is 5.76. The van der Waals surface area contributed by atoms with E-state index >= 15 is 0 Å². The third kappa shape index (κ3) is 3.71. The lowest BCUT2D eigenvalue weighted by atomic mass is 9.95. The minimum Gasteiger partial charge on any atom is -0.313 e. The number of hydrogen-bond acceptors (Lipinski definition) is 3. The van der Waals surface area contributed by atoms with Crippen molar-refractivity contribution >= 4 is 22.2 Å². The summed E-state index contributed by atoms with van der Waals surface area (Å²) in [6, 6.07) is 9.39. The summed E-state index contributed by atoms with van der Waals surface area (Å²) in [6.45, 7) is 5.30. The van der Waals surface area contributed by atoms with Crippen LogP contribution >= 0.6 is 11.3 Å². The minimum atomic E-state index is -0.0332. The molecule has 0 saturated heterocycles. The van der Waals surface area contributed by atoms with E-state index in [0.717, 1.165) is 30.9 Å². The maximum atomic E-state index is 12.5. The predicted octanol–water partition coefficient (Wildman–Crippen LogP) is 4.15. The van der Waals surface area contributed by atoms with E-state index in [4.69, 9.17) is 0 Å². The van der Waals surface area contributed by atoms with Gasteiger partial charge in [0.15, 0.2) is 0 Å². The highest BCUT2D eigenvalue weighted by Crippen LogP contribution is 2.38. The lowest BCUT2D eigenvalue weighted by Gasteiger charge is -2.13. The zero-order chi connectivity index (χ0) is 16.1. The number of amides is 1. The zero-order valence-corrected chi connectivity index (χ0v) is 14.0. The van der Waals surface area contributed by atoms with Crippen molar-refractivity contribution in [3.63, 3.8) is 0 Å². The number of anilines is 1. The van der Waals surface area contributed by atoms with Crippen molar-refractivity contribution in [1.29, 1.82) is 0 Å². The van der Waals surface area contributed by atoms with Gasteiger partial charge in [-0.1, -0.05) is 24.3 Å². The van der Waals surface area contributed by atoms with Crippen LogP contribution in [0.4, 0.5) is 5.00 Å². The number of aryl methyl sites for hydroxylation is 1. The average Bonchev–Trinajstić information content (AvgIpc) is 2.93. The molecular formula is C19H22N2OS. The fourth-order valence-corrected chi connectivity index (χ4v) is 4.29. The Balaban J connectivity index is 1.83. The summed E-state index contributed by atoms with van der Waals surface area (Å²) in [5.41, 5.74) is 3.40. The van der Waals surface area contributed by atoms with E-state index < -0.39 is 0 Å². The van der Waals surface area contributed by atoms with Crippen molar-refractivity contribution in [2.75, 3.05) is 11.9 Å². The second-order valence-corrected chi connectivity index (χ2v) is 6.86. The second kappa shape index (κ2) is 7.57. The maximum absolute atomic E-state index is 12.5. The smallest absolute Gasteiger partial charge is 0.256 e. The molecule has 1 aromatic carbocycles. The van der Waals surface area contributed by atoms with Crippen LogP contribution in [0.25, 0.3) is 0 Å². The first-order chi connectivity index (χ1) is 11.3. The van der Waals surface area contributed by atoms with Crippen molar-refractivity contribution < 1.29 is 4.79 Å². The lowest BCUT2D eigenvalue weighted by Crippen LogP contribution is -2.17. The van der Waals surface area contributed by atoms with Gasteiger partial charge in [-0.05, 0) is 43.4 Å². The van der Waals surface area contributed by atoms with Crippen molar-refractivity contribution in [2.24, 2.45) is 0 Å². The molecule has 23 heavy (non-hydrogen) atoms. The molecule has 0 bridgehead atoms. The maximum Gasteiger partial charge on any atom is 0.256 e. The molecule has 1 aliphatic rings. The third-order valence-electron chi connectivity index (χ3n) is 4.13. The molecule has 0 fully saturated rings. The van der Waals surface area contributed by atoms with Gasteiger partial charge in [0.05, 0.1) is 0 Å². The first-order valence-electron chi connectivity index (χ1n) is 8.11. The van der Waals surface area contributed by atoms with Crippen LogP contribution in [-0.2, 0) is 19.4 Å². The molecule has 1 aromatic heterocycles. The van der Waals surface area contributed by atoms with E-state index in [1.807, 2.05) is 36.4 Å². The molecule has 120 valence electrons. The fraction of sp³-hybridized carbons (Fsp3) is 0.316. The molecular weight excluding hydrogens is 304 g/mol. The van der Waals surface area contributed by atoms with Crippen LogP contribution in [0.3, 0.4) is 0 Å². The summed E-state index contributed by atoms with van der Waals surface area (Å²) < 4.78 is 0.